The topological polar surface area (TPSA) is 33.4 Å². The Labute approximate surface area is 117 Å². The standard InChI is InChI=1S/C16H16N4/c1-2-5-13(6-3-1)11-19-10-7-14-15(12-19)20-9-4-8-17-16(20)18-14/h1-6,8-9H,7,10-12H2. The molecule has 0 amide bonds. The predicted octanol–water partition coefficient (Wildman–Crippen LogP) is 2.29. The van der Waals surface area contributed by atoms with Crippen molar-refractivity contribution >= 4 is 5.78 Å². The van der Waals surface area contributed by atoms with E-state index in [9.17, 15) is 0 Å². The fourth-order valence-corrected chi connectivity index (χ4v) is 2.88. The molecule has 100 valence electrons. The maximum absolute atomic E-state index is 4.62. The van der Waals surface area contributed by atoms with Gasteiger partial charge in [-0.25, -0.2) is 9.97 Å². The molecule has 0 saturated carbocycles. The fraction of sp³-hybridized carbons (Fsp3) is 0.250. The molecule has 2 aromatic heterocycles. The highest BCUT2D eigenvalue weighted by Crippen LogP contribution is 2.20. The monoisotopic (exact) mass is 264 g/mol. The Morgan fingerprint density at radius 2 is 2.00 bits per heavy atom. The second kappa shape index (κ2) is 4.72. The van der Waals surface area contributed by atoms with Gasteiger partial charge in [-0.1, -0.05) is 30.3 Å². The fourth-order valence-electron chi connectivity index (χ4n) is 2.88. The normalized spacial score (nSPS) is 15.4. The number of hydrogen-bond acceptors (Lipinski definition) is 3. The molecule has 1 aromatic carbocycles. The molecule has 20 heavy (non-hydrogen) atoms. The van der Waals surface area contributed by atoms with Crippen LogP contribution in [0.1, 0.15) is 17.0 Å². The first-order valence-electron chi connectivity index (χ1n) is 6.97. The van der Waals surface area contributed by atoms with Crippen LogP contribution >= 0.6 is 0 Å². The SMILES string of the molecule is c1ccc(CN2CCc3nc4ncccn4c3C2)cc1. The summed E-state index contributed by atoms with van der Waals surface area (Å²) in [5.74, 6) is 0.819. The molecule has 4 rings (SSSR count). The minimum atomic E-state index is 0.819. The van der Waals surface area contributed by atoms with E-state index >= 15 is 0 Å². The van der Waals surface area contributed by atoms with Crippen LogP contribution in [0.25, 0.3) is 5.78 Å². The van der Waals surface area contributed by atoms with Gasteiger partial charge in [-0.3, -0.25) is 9.30 Å². The molecule has 0 atom stereocenters. The van der Waals surface area contributed by atoms with Crippen molar-refractivity contribution in [2.24, 2.45) is 0 Å². The second-order valence-electron chi connectivity index (χ2n) is 5.24. The van der Waals surface area contributed by atoms with Gasteiger partial charge in [-0.15, -0.1) is 0 Å². The van der Waals surface area contributed by atoms with Crippen molar-refractivity contribution in [3.63, 3.8) is 0 Å². The van der Waals surface area contributed by atoms with Gasteiger partial charge < -0.3 is 0 Å². The smallest absolute Gasteiger partial charge is 0.234 e. The van der Waals surface area contributed by atoms with E-state index in [1.807, 2.05) is 6.07 Å². The second-order valence-corrected chi connectivity index (χ2v) is 5.24. The molecular weight excluding hydrogens is 248 g/mol. The summed E-state index contributed by atoms with van der Waals surface area (Å²) in [7, 11) is 0. The van der Waals surface area contributed by atoms with E-state index in [2.05, 4.69) is 55.8 Å². The zero-order valence-electron chi connectivity index (χ0n) is 11.2. The van der Waals surface area contributed by atoms with Crippen molar-refractivity contribution in [1.29, 1.82) is 0 Å². The van der Waals surface area contributed by atoms with Crippen molar-refractivity contribution in [3.8, 4) is 0 Å². The largest absolute Gasteiger partial charge is 0.293 e. The highest BCUT2D eigenvalue weighted by molar-refractivity contribution is 5.36. The van der Waals surface area contributed by atoms with E-state index in [4.69, 9.17) is 0 Å². The number of nitrogens with zero attached hydrogens (tertiary/aromatic N) is 4. The highest BCUT2D eigenvalue weighted by atomic mass is 15.2. The first-order chi connectivity index (χ1) is 9.90. The molecule has 4 nitrogen and oxygen atoms in total. The number of imidazole rings is 1. The lowest BCUT2D eigenvalue weighted by atomic mass is 10.1. The maximum atomic E-state index is 4.62. The van der Waals surface area contributed by atoms with Crippen LogP contribution in [0.3, 0.4) is 0 Å². The van der Waals surface area contributed by atoms with E-state index in [0.29, 0.717) is 0 Å². The lowest BCUT2D eigenvalue weighted by molar-refractivity contribution is 0.240. The third-order valence-electron chi connectivity index (χ3n) is 3.87. The Morgan fingerprint density at radius 3 is 2.90 bits per heavy atom. The number of aromatic nitrogens is 3. The molecule has 0 saturated heterocycles. The number of hydrogen-bond donors (Lipinski definition) is 0. The summed E-state index contributed by atoms with van der Waals surface area (Å²) in [4.78, 5) is 11.4. The van der Waals surface area contributed by atoms with E-state index < -0.39 is 0 Å². The molecule has 3 heterocycles. The molecule has 3 aromatic rings. The Bertz CT molecular complexity index is 733. The first-order valence-corrected chi connectivity index (χ1v) is 6.97. The van der Waals surface area contributed by atoms with Crippen LogP contribution in [-0.2, 0) is 19.5 Å². The summed E-state index contributed by atoms with van der Waals surface area (Å²) < 4.78 is 2.12. The van der Waals surface area contributed by atoms with Crippen LogP contribution in [0, 0.1) is 0 Å². The first kappa shape index (κ1) is 11.6. The maximum Gasteiger partial charge on any atom is 0.234 e. The average molecular weight is 264 g/mol. The molecule has 0 spiro atoms. The van der Waals surface area contributed by atoms with Gasteiger partial charge in [0, 0.05) is 38.4 Å². The number of rotatable bonds is 2. The molecule has 0 N–H and O–H groups in total. The molecule has 4 heteroatoms. The van der Waals surface area contributed by atoms with E-state index in [1.165, 1.54) is 17.0 Å². The Balaban J connectivity index is 1.63. The van der Waals surface area contributed by atoms with Gasteiger partial charge >= 0.3 is 0 Å². The highest BCUT2D eigenvalue weighted by Gasteiger charge is 2.21. The molecule has 0 bridgehead atoms. The van der Waals surface area contributed by atoms with E-state index in [-0.39, 0.29) is 0 Å². The predicted molar refractivity (Wildman–Crippen MR) is 77.2 cm³/mol. The van der Waals surface area contributed by atoms with Gasteiger partial charge in [0.2, 0.25) is 5.78 Å². The van der Waals surface area contributed by atoms with Gasteiger partial charge in [0.05, 0.1) is 11.4 Å². The quantitative estimate of drug-likeness (QED) is 0.712. The van der Waals surface area contributed by atoms with Crippen LogP contribution in [0.15, 0.2) is 48.8 Å². The third kappa shape index (κ3) is 1.98. The minimum absolute atomic E-state index is 0.819. The third-order valence-corrected chi connectivity index (χ3v) is 3.87. The van der Waals surface area contributed by atoms with Crippen LogP contribution in [0.5, 0.6) is 0 Å². The molecule has 0 unspecified atom stereocenters. The van der Waals surface area contributed by atoms with Crippen LogP contribution in [0.4, 0.5) is 0 Å². The zero-order chi connectivity index (χ0) is 13.4. The van der Waals surface area contributed by atoms with Crippen molar-refractivity contribution in [1.82, 2.24) is 19.3 Å². The van der Waals surface area contributed by atoms with Gasteiger partial charge in [0.25, 0.3) is 0 Å². The molecule has 1 aliphatic rings. The molecule has 0 aliphatic carbocycles. The van der Waals surface area contributed by atoms with Crippen molar-refractivity contribution in [3.05, 3.63) is 65.7 Å². The molecular formula is C16H16N4. The molecule has 0 fully saturated rings. The van der Waals surface area contributed by atoms with Crippen molar-refractivity contribution < 1.29 is 0 Å². The Kier molecular flexibility index (Phi) is 2.74. The molecule has 0 radical (unpaired) electrons. The summed E-state index contributed by atoms with van der Waals surface area (Å²) in [6.07, 6.45) is 4.86. The van der Waals surface area contributed by atoms with Crippen LogP contribution in [0.2, 0.25) is 0 Å². The van der Waals surface area contributed by atoms with E-state index in [1.54, 1.807) is 6.20 Å². The lowest BCUT2D eigenvalue weighted by Crippen LogP contribution is -2.30. The lowest BCUT2D eigenvalue weighted by Gasteiger charge is -2.26. The summed E-state index contributed by atoms with van der Waals surface area (Å²) in [5.41, 5.74) is 3.85. The van der Waals surface area contributed by atoms with Gasteiger partial charge in [0.15, 0.2) is 0 Å². The van der Waals surface area contributed by atoms with Crippen LogP contribution in [-0.4, -0.2) is 25.8 Å². The summed E-state index contributed by atoms with van der Waals surface area (Å²) in [5, 5.41) is 0. The number of fused-ring (bicyclic) bond motifs is 3. The molecule has 1 aliphatic heterocycles. The Hall–Kier alpha value is -2.20. The van der Waals surface area contributed by atoms with Crippen molar-refractivity contribution in [2.75, 3.05) is 6.54 Å². The summed E-state index contributed by atoms with van der Waals surface area (Å²) in [6, 6.07) is 12.6. The Morgan fingerprint density at radius 1 is 1.10 bits per heavy atom. The van der Waals surface area contributed by atoms with Crippen molar-refractivity contribution in [2.45, 2.75) is 19.5 Å². The summed E-state index contributed by atoms with van der Waals surface area (Å²) >= 11 is 0. The summed E-state index contributed by atoms with van der Waals surface area (Å²) in [6.45, 7) is 3.00. The zero-order valence-corrected chi connectivity index (χ0v) is 11.2. The average Bonchev–Trinajstić information content (AvgIpc) is 2.86. The van der Waals surface area contributed by atoms with Crippen LogP contribution < -0.4 is 0 Å². The van der Waals surface area contributed by atoms with Gasteiger partial charge in [-0.2, -0.15) is 0 Å². The minimum Gasteiger partial charge on any atom is -0.293 e. The van der Waals surface area contributed by atoms with Gasteiger partial charge in [0.1, 0.15) is 0 Å². The van der Waals surface area contributed by atoms with E-state index in [0.717, 1.165) is 31.8 Å². The van der Waals surface area contributed by atoms with Gasteiger partial charge in [-0.05, 0) is 11.6 Å². The number of benzene rings is 1.